The van der Waals surface area contributed by atoms with E-state index in [0.717, 1.165) is 50.0 Å². The number of hydrogen-bond donors (Lipinski definition) is 2. The van der Waals surface area contributed by atoms with Crippen LogP contribution in [0.1, 0.15) is 43.6 Å². The molecule has 2 aliphatic rings. The number of ether oxygens (including phenoxy) is 2. The first-order valence-corrected chi connectivity index (χ1v) is 15.4. The third kappa shape index (κ3) is 8.70. The first-order valence-electron chi connectivity index (χ1n) is 13.5. The van der Waals surface area contributed by atoms with E-state index in [4.69, 9.17) is 26.2 Å². The second kappa shape index (κ2) is 14.4. The van der Waals surface area contributed by atoms with Gasteiger partial charge in [0.2, 0.25) is 0 Å². The minimum Gasteiger partial charge on any atom is -0.487 e. The molecule has 2 heterocycles. The van der Waals surface area contributed by atoms with Crippen molar-refractivity contribution in [3.8, 4) is 11.5 Å². The van der Waals surface area contributed by atoms with Crippen LogP contribution in [0.2, 0.25) is 5.02 Å². The number of hydrogen-bond acceptors (Lipinski definition) is 8. The number of aromatic nitrogens is 2. The molecule has 0 spiro atoms. The summed E-state index contributed by atoms with van der Waals surface area (Å²) in [5.74, 6) is -1.36. The second-order valence-corrected chi connectivity index (χ2v) is 12.2. The van der Waals surface area contributed by atoms with Crippen molar-refractivity contribution in [2.45, 2.75) is 61.4 Å². The first-order chi connectivity index (χ1) is 20.9. The number of nitrogens with zero attached hydrogens (tertiary/aromatic N) is 3. The van der Waals surface area contributed by atoms with Crippen molar-refractivity contribution in [1.29, 1.82) is 0 Å². The molecule has 1 saturated carbocycles. The van der Waals surface area contributed by atoms with Crippen molar-refractivity contribution in [2.24, 2.45) is 0 Å². The Bertz CT molecular complexity index is 1530. The fourth-order valence-electron chi connectivity index (χ4n) is 5.50. The molecular weight excluding hydrogens is 632 g/mol. The van der Waals surface area contributed by atoms with Gasteiger partial charge in [0.15, 0.2) is 0 Å². The van der Waals surface area contributed by atoms with Crippen LogP contribution < -0.4 is 14.2 Å². The van der Waals surface area contributed by atoms with Gasteiger partial charge in [0.25, 0.3) is 16.5 Å². The largest absolute Gasteiger partial charge is 0.573 e. The molecule has 2 fully saturated rings. The van der Waals surface area contributed by atoms with Crippen molar-refractivity contribution >= 4 is 33.9 Å². The van der Waals surface area contributed by atoms with Crippen LogP contribution in [0.3, 0.4) is 0 Å². The molecular formula is C28H29ClF4N4O6S. The third-order valence-corrected chi connectivity index (χ3v) is 8.97. The van der Waals surface area contributed by atoms with Crippen LogP contribution in [0.15, 0.2) is 59.9 Å². The molecule has 0 bridgehead atoms. The minimum absolute atomic E-state index is 0.0124. The Kier molecular flexibility index (Phi) is 10.9. The van der Waals surface area contributed by atoms with Gasteiger partial charge in [-0.2, -0.15) is 0 Å². The lowest BCUT2D eigenvalue weighted by Crippen LogP contribution is -2.48. The predicted molar refractivity (Wildman–Crippen MR) is 152 cm³/mol. The molecule has 1 aromatic heterocycles. The number of likely N-dealkylation sites (tertiary alicyclic amines) is 1. The van der Waals surface area contributed by atoms with Gasteiger partial charge in [0.05, 0.1) is 5.02 Å². The Morgan fingerprint density at radius 3 is 2.50 bits per heavy atom. The summed E-state index contributed by atoms with van der Waals surface area (Å²) in [7, 11) is -4.34. The van der Waals surface area contributed by atoms with Gasteiger partial charge < -0.3 is 14.6 Å². The summed E-state index contributed by atoms with van der Waals surface area (Å²) in [6.07, 6.45) is 1.07. The average Bonchev–Trinajstić information content (AvgIpc) is 3.50. The predicted octanol–water partition coefficient (Wildman–Crippen LogP) is 5.85. The summed E-state index contributed by atoms with van der Waals surface area (Å²) in [5, 5.41) is 6.81. The van der Waals surface area contributed by atoms with E-state index >= 15 is 4.39 Å². The standard InChI is InChI=1S/C27H27ClF4N4O4S.CH2O2/c28-20-14-25(41(37,38)35-26-8-9-33-16-34-26)21(29)15-24(20)39-23-7-6-18(13-22(23)36-10-1-2-11-36)17-4-3-5-19(12-17)40-27(30,31)32;2-1-3/h3-5,8-9,12,14-16,18,22-23H,1-2,6-7,10-11,13H2,(H,33,34,35);1H,(H,2,3)/t18-,22-,23-;/m0./s1. The molecule has 0 radical (unpaired) electrons. The van der Waals surface area contributed by atoms with E-state index in [2.05, 4.69) is 24.3 Å². The Morgan fingerprint density at radius 1 is 1.11 bits per heavy atom. The van der Waals surface area contributed by atoms with Crippen LogP contribution in [0.25, 0.3) is 0 Å². The summed E-state index contributed by atoms with van der Waals surface area (Å²) >= 11 is 6.40. The number of carboxylic acid groups (broad SMARTS) is 1. The molecule has 1 aliphatic heterocycles. The van der Waals surface area contributed by atoms with Crippen LogP contribution in [0.5, 0.6) is 11.5 Å². The van der Waals surface area contributed by atoms with E-state index in [1.807, 2.05) is 0 Å². The SMILES string of the molecule is O=CO.O=S(=O)(Nc1ccncn1)c1cc(Cl)c(O[C@H]2CC[C@H](c3cccc(OC(F)(F)F)c3)C[C@@H]2N2CCCC2)cc1F. The van der Waals surface area contributed by atoms with Crippen LogP contribution in [-0.4, -0.2) is 66.5 Å². The lowest BCUT2D eigenvalue weighted by Gasteiger charge is -2.41. The van der Waals surface area contributed by atoms with E-state index in [-0.39, 0.29) is 40.8 Å². The smallest absolute Gasteiger partial charge is 0.487 e. The number of benzene rings is 2. The molecule has 5 rings (SSSR count). The zero-order chi connectivity index (χ0) is 31.9. The first kappa shape index (κ1) is 33.2. The average molecular weight is 661 g/mol. The van der Waals surface area contributed by atoms with Crippen LogP contribution >= 0.6 is 11.6 Å². The van der Waals surface area contributed by atoms with Gasteiger partial charge in [-0.15, -0.1) is 13.2 Å². The van der Waals surface area contributed by atoms with E-state index in [0.29, 0.717) is 19.3 Å². The summed E-state index contributed by atoms with van der Waals surface area (Å²) in [6, 6.07) is 9.20. The lowest BCUT2D eigenvalue weighted by atomic mass is 9.79. The molecule has 1 saturated heterocycles. The topological polar surface area (TPSA) is 131 Å². The third-order valence-electron chi connectivity index (χ3n) is 7.30. The zero-order valence-corrected chi connectivity index (χ0v) is 24.7. The maximum Gasteiger partial charge on any atom is 0.573 e. The number of carbonyl (C=O) groups is 1. The normalized spacial score (nSPS) is 20.7. The number of halogens is 5. The summed E-state index contributed by atoms with van der Waals surface area (Å²) < 4.78 is 91.5. The molecule has 3 aromatic rings. The molecule has 2 N–H and O–H groups in total. The fraction of sp³-hybridized carbons (Fsp3) is 0.393. The summed E-state index contributed by atoms with van der Waals surface area (Å²) in [5.41, 5.74) is 0.740. The van der Waals surface area contributed by atoms with Gasteiger partial charge in [-0.25, -0.2) is 22.8 Å². The summed E-state index contributed by atoms with van der Waals surface area (Å²) in [6.45, 7) is 1.42. The zero-order valence-electron chi connectivity index (χ0n) is 23.1. The molecule has 44 heavy (non-hydrogen) atoms. The molecule has 238 valence electrons. The Labute approximate surface area is 256 Å². The van der Waals surface area contributed by atoms with Gasteiger partial charge in [0, 0.05) is 18.3 Å². The van der Waals surface area contributed by atoms with Crippen LogP contribution in [0, 0.1) is 5.82 Å². The van der Waals surface area contributed by atoms with Crippen molar-refractivity contribution < 1.29 is 45.4 Å². The molecule has 3 atom stereocenters. The Balaban J connectivity index is 0.00000141. The van der Waals surface area contributed by atoms with Gasteiger partial charge >= 0.3 is 6.36 Å². The van der Waals surface area contributed by atoms with E-state index in [1.165, 1.54) is 24.4 Å². The van der Waals surface area contributed by atoms with Crippen molar-refractivity contribution in [2.75, 3.05) is 17.8 Å². The van der Waals surface area contributed by atoms with Gasteiger partial charge in [-0.3, -0.25) is 14.4 Å². The highest BCUT2D eigenvalue weighted by atomic mass is 35.5. The number of anilines is 1. The number of alkyl halides is 3. The van der Waals surface area contributed by atoms with E-state index < -0.39 is 33.2 Å². The monoisotopic (exact) mass is 660 g/mol. The van der Waals surface area contributed by atoms with Crippen LogP contribution in [0.4, 0.5) is 23.4 Å². The fourth-order valence-corrected chi connectivity index (χ4v) is 6.86. The Hall–Kier alpha value is -3.69. The second-order valence-electron chi connectivity index (χ2n) is 10.1. The number of sulfonamides is 1. The number of nitrogens with one attached hydrogen (secondary N) is 1. The van der Waals surface area contributed by atoms with Crippen molar-refractivity contribution in [3.63, 3.8) is 0 Å². The highest BCUT2D eigenvalue weighted by Gasteiger charge is 2.38. The highest BCUT2D eigenvalue weighted by molar-refractivity contribution is 7.92. The molecule has 0 amide bonds. The molecule has 1 aliphatic carbocycles. The minimum atomic E-state index is -4.78. The molecule has 2 aromatic carbocycles. The maximum absolute atomic E-state index is 15.1. The van der Waals surface area contributed by atoms with Gasteiger partial charge in [-0.05, 0) is 80.9 Å². The molecule has 16 heteroatoms. The molecule has 0 unspecified atom stereocenters. The number of rotatable bonds is 8. The molecule has 10 nitrogen and oxygen atoms in total. The van der Waals surface area contributed by atoms with Crippen molar-refractivity contribution in [3.05, 3.63) is 71.4 Å². The quantitative estimate of drug-likeness (QED) is 0.226. The highest BCUT2D eigenvalue weighted by Crippen LogP contribution is 2.41. The maximum atomic E-state index is 15.1. The lowest BCUT2D eigenvalue weighted by molar-refractivity contribution is -0.274. The van der Waals surface area contributed by atoms with E-state index in [9.17, 15) is 21.6 Å². The van der Waals surface area contributed by atoms with Gasteiger partial charge in [0.1, 0.15) is 40.5 Å². The Morgan fingerprint density at radius 2 is 1.84 bits per heavy atom. The van der Waals surface area contributed by atoms with Crippen LogP contribution in [-0.2, 0) is 14.8 Å². The summed E-state index contributed by atoms with van der Waals surface area (Å²) in [4.78, 5) is 17.5. The van der Waals surface area contributed by atoms with Gasteiger partial charge in [-0.1, -0.05) is 23.7 Å². The van der Waals surface area contributed by atoms with E-state index in [1.54, 1.807) is 12.1 Å². The van der Waals surface area contributed by atoms with Crippen molar-refractivity contribution in [1.82, 2.24) is 14.9 Å².